The number of carbonyl (C=O) groups excluding carboxylic acids is 3. The molecule has 3 aliphatic rings. The van der Waals surface area contributed by atoms with E-state index in [1.807, 2.05) is 13.8 Å². The van der Waals surface area contributed by atoms with Crippen LogP contribution in [-0.2, 0) is 20.5 Å². The zero-order valence-electron chi connectivity index (χ0n) is 25.8. The molecule has 9 nitrogen and oxygen atoms in total. The first-order chi connectivity index (χ1) is 21.0. The molecule has 2 bridgehead atoms. The van der Waals surface area contributed by atoms with Gasteiger partial charge in [0.25, 0.3) is 5.91 Å². The number of carbonyl (C=O) groups is 3. The van der Waals surface area contributed by atoms with Gasteiger partial charge in [0.1, 0.15) is 11.9 Å². The second-order valence-corrected chi connectivity index (χ2v) is 14.3. The number of benzene rings is 1. The number of aromatic nitrogens is 3. The van der Waals surface area contributed by atoms with E-state index in [4.69, 9.17) is 10.5 Å². The number of nitrogens with two attached hydrogens (primary N) is 1. The fraction of sp³-hybridized carbons (Fsp3) is 0.594. The molecule has 2 aromatic rings. The first kappa shape index (κ1) is 33.2. The van der Waals surface area contributed by atoms with Gasteiger partial charge in [-0.25, -0.2) is 0 Å². The summed E-state index contributed by atoms with van der Waals surface area (Å²) in [6, 6.07) is 3.62. The van der Waals surface area contributed by atoms with Crippen LogP contribution < -0.4 is 5.73 Å². The Morgan fingerprint density at radius 3 is 2.51 bits per heavy atom. The van der Waals surface area contributed by atoms with Crippen molar-refractivity contribution in [1.82, 2.24) is 14.8 Å². The minimum absolute atomic E-state index is 0.00443. The SMILES string of the molecule is C=C[C@]1(C)C[C@@H](OC(=O)CSc2nc(N)n(C(=O)c3ccc(C(F)(F)F)cc3)n2)[C@]2(C)[C@H](C)CC[C@]3(CCC(=O)[C@H]32)[C@@H](C)[C@@H]1O. The molecular formula is C32H39F3N4O5S. The highest BCUT2D eigenvalue weighted by atomic mass is 32.2. The maximum Gasteiger partial charge on any atom is 0.416 e. The van der Waals surface area contributed by atoms with Crippen LogP contribution in [-0.4, -0.2) is 55.5 Å². The number of Topliss-reactive ketones (excluding diaryl/α,β-unsaturated/α-hetero) is 1. The van der Waals surface area contributed by atoms with Crippen LogP contribution in [0.4, 0.5) is 19.1 Å². The standard InChI is InChI=1S/C32H39F3N4O5S/c1-6-29(4)15-22(30(5)17(2)11-13-31(18(3)25(29)42)14-12-21(40)24(30)31)44-23(41)16-45-28-37-27(36)39(38-28)26(43)19-7-9-20(10-8-19)32(33,34)35/h6-10,17-18,22,24-25,42H,1,11-16H2,2-5H3,(H2,36,37,38)/t17-,18+,22-,24+,25+,29-,30+,31+/m1/s1. The van der Waals surface area contributed by atoms with Crippen molar-refractivity contribution in [3.8, 4) is 0 Å². The van der Waals surface area contributed by atoms with Gasteiger partial charge in [0.2, 0.25) is 11.1 Å². The number of thioether (sulfide) groups is 1. The molecule has 0 saturated heterocycles. The molecule has 1 aromatic heterocycles. The molecule has 5 rings (SSSR count). The molecule has 3 aliphatic carbocycles. The van der Waals surface area contributed by atoms with E-state index in [0.717, 1.165) is 53.6 Å². The number of anilines is 1. The lowest BCUT2D eigenvalue weighted by Crippen LogP contribution is -2.63. The van der Waals surface area contributed by atoms with E-state index >= 15 is 0 Å². The molecule has 45 heavy (non-hydrogen) atoms. The summed E-state index contributed by atoms with van der Waals surface area (Å²) in [6.07, 6.45) is -1.19. The van der Waals surface area contributed by atoms with Crippen molar-refractivity contribution in [1.29, 1.82) is 0 Å². The number of aliphatic hydroxyl groups is 1. The third-order valence-electron chi connectivity index (χ3n) is 11.2. The predicted octanol–water partition coefficient (Wildman–Crippen LogP) is 5.57. The Balaban J connectivity index is 1.35. The lowest BCUT2D eigenvalue weighted by Gasteiger charge is -2.61. The second kappa shape index (κ2) is 11.6. The van der Waals surface area contributed by atoms with E-state index in [0.29, 0.717) is 19.3 Å². The van der Waals surface area contributed by atoms with Crippen LogP contribution in [0.5, 0.6) is 0 Å². The number of ether oxygens (including phenoxy) is 1. The second-order valence-electron chi connectivity index (χ2n) is 13.4. The van der Waals surface area contributed by atoms with E-state index < -0.39 is 52.1 Å². The number of hydrogen-bond donors (Lipinski definition) is 2. The molecule has 13 heteroatoms. The molecule has 0 spiro atoms. The summed E-state index contributed by atoms with van der Waals surface area (Å²) in [5.74, 6) is -2.15. The number of ketones is 1. The minimum Gasteiger partial charge on any atom is -0.461 e. The van der Waals surface area contributed by atoms with Gasteiger partial charge >= 0.3 is 12.1 Å². The van der Waals surface area contributed by atoms with Gasteiger partial charge in [0.15, 0.2) is 0 Å². The van der Waals surface area contributed by atoms with E-state index in [1.165, 1.54) is 0 Å². The van der Waals surface area contributed by atoms with Gasteiger partial charge < -0.3 is 15.6 Å². The highest BCUT2D eigenvalue weighted by Crippen LogP contribution is 2.68. The highest BCUT2D eigenvalue weighted by molar-refractivity contribution is 7.99. The van der Waals surface area contributed by atoms with Crippen LogP contribution in [0, 0.1) is 34.0 Å². The van der Waals surface area contributed by atoms with Gasteiger partial charge in [-0.2, -0.15) is 22.8 Å². The van der Waals surface area contributed by atoms with Crippen molar-refractivity contribution < 1.29 is 37.4 Å². The first-order valence-electron chi connectivity index (χ1n) is 15.1. The van der Waals surface area contributed by atoms with Gasteiger partial charge in [0.05, 0.1) is 17.4 Å². The van der Waals surface area contributed by atoms with E-state index in [-0.39, 0.29) is 46.0 Å². The van der Waals surface area contributed by atoms with Crippen molar-refractivity contribution in [2.24, 2.45) is 34.0 Å². The van der Waals surface area contributed by atoms with Gasteiger partial charge in [-0.3, -0.25) is 14.4 Å². The normalized spacial score (nSPS) is 34.8. The lowest BCUT2D eigenvalue weighted by atomic mass is 9.44. The summed E-state index contributed by atoms with van der Waals surface area (Å²) < 4.78 is 45.7. The molecule has 0 unspecified atom stereocenters. The Labute approximate surface area is 264 Å². The first-order valence-corrected chi connectivity index (χ1v) is 16.1. The molecule has 0 aliphatic heterocycles. The molecule has 0 amide bonds. The molecular weight excluding hydrogens is 609 g/mol. The zero-order valence-corrected chi connectivity index (χ0v) is 26.6. The number of nitrogens with zero attached hydrogens (tertiary/aromatic N) is 3. The summed E-state index contributed by atoms with van der Waals surface area (Å²) in [4.78, 5) is 43.9. The van der Waals surface area contributed by atoms with Crippen LogP contribution in [0.15, 0.2) is 42.1 Å². The van der Waals surface area contributed by atoms with Crippen molar-refractivity contribution in [3.63, 3.8) is 0 Å². The van der Waals surface area contributed by atoms with Crippen LogP contribution >= 0.6 is 11.8 Å². The highest BCUT2D eigenvalue weighted by Gasteiger charge is 2.68. The largest absolute Gasteiger partial charge is 0.461 e. The van der Waals surface area contributed by atoms with Crippen molar-refractivity contribution in [2.45, 2.75) is 83.3 Å². The van der Waals surface area contributed by atoms with Gasteiger partial charge in [-0.15, -0.1) is 11.7 Å². The average Bonchev–Trinajstić information content (AvgIpc) is 3.55. The predicted molar refractivity (Wildman–Crippen MR) is 161 cm³/mol. The molecule has 0 radical (unpaired) electrons. The lowest BCUT2D eigenvalue weighted by molar-refractivity contribution is -0.205. The third kappa shape index (κ3) is 5.49. The number of rotatable bonds is 6. The summed E-state index contributed by atoms with van der Waals surface area (Å²) >= 11 is 0.893. The zero-order chi connectivity index (χ0) is 33.1. The van der Waals surface area contributed by atoms with Crippen molar-refractivity contribution in [2.75, 3.05) is 11.5 Å². The smallest absolute Gasteiger partial charge is 0.416 e. The van der Waals surface area contributed by atoms with E-state index in [2.05, 4.69) is 30.5 Å². The number of hydrogen-bond acceptors (Lipinski definition) is 9. The quantitative estimate of drug-likeness (QED) is 0.234. The van der Waals surface area contributed by atoms with Gasteiger partial charge in [-0.05, 0) is 67.2 Å². The Hall–Kier alpha value is -3.19. The number of nitrogen functional groups attached to an aromatic ring is 1. The molecule has 244 valence electrons. The summed E-state index contributed by atoms with van der Waals surface area (Å²) in [5, 5.41) is 15.7. The average molecular weight is 649 g/mol. The van der Waals surface area contributed by atoms with Crippen LogP contribution in [0.1, 0.15) is 75.7 Å². The van der Waals surface area contributed by atoms with Crippen molar-refractivity contribution >= 4 is 35.4 Å². The Morgan fingerprint density at radius 1 is 1.22 bits per heavy atom. The maximum absolute atomic E-state index is 13.6. The molecule has 3 N–H and O–H groups in total. The summed E-state index contributed by atoms with van der Waals surface area (Å²) in [7, 11) is 0. The summed E-state index contributed by atoms with van der Waals surface area (Å²) in [6.45, 7) is 12.1. The van der Waals surface area contributed by atoms with Gasteiger partial charge in [0, 0.05) is 28.7 Å². The fourth-order valence-electron chi connectivity index (χ4n) is 8.26. The third-order valence-corrected chi connectivity index (χ3v) is 12.0. The fourth-order valence-corrected chi connectivity index (χ4v) is 8.87. The van der Waals surface area contributed by atoms with Crippen LogP contribution in [0.2, 0.25) is 0 Å². The number of esters is 1. The van der Waals surface area contributed by atoms with Crippen LogP contribution in [0.25, 0.3) is 0 Å². The number of alkyl halides is 3. The Kier molecular flexibility index (Phi) is 8.52. The van der Waals surface area contributed by atoms with E-state index in [1.54, 1.807) is 6.08 Å². The molecule has 3 fully saturated rings. The minimum atomic E-state index is -4.55. The Morgan fingerprint density at radius 2 is 1.89 bits per heavy atom. The molecule has 1 aromatic carbocycles. The van der Waals surface area contributed by atoms with Crippen molar-refractivity contribution in [3.05, 3.63) is 48.0 Å². The monoisotopic (exact) mass is 648 g/mol. The number of halogens is 3. The maximum atomic E-state index is 13.6. The number of aliphatic hydroxyl groups excluding tert-OH is 1. The Bertz CT molecular complexity index is 1510. The molecule has 1 heterocycles. The molecule has 3 saturated carbocycles. The topological polar surface area (TPSA) is 137 Å². The van der Waals surface area contributed by atoms with Crippen LogP contribution in [0.3, 0.4) is 0 Å². The van der Waals surface area contributed by atoms with Gasteiger partial charge in [-0.1, -0.05) is 45.5 Å². The van der Waals surface area contributed by atoms with E-state index in [9.17, 15) is 32.7 Å². The molecule has 8 atom stereocenters. The summed E-state index contributed by atoms with van der Waals surface area (Å²) in [5.41, 5.74) is 3.08.